The summed E-state index contributed by atoms with van der Waals surface area (Å²) in [6.45, 7) is 8.13. The molecule has 140 valence electrons. The lowest BCUT2D eigenvalue weighted by Crippen LogP contribution is -2.06. The predicted molar refractivity (Wildman–Crippen MR) is 105 cm³/mol. The van der Waals surface area contributed by atoms with E-state index >= 15 is 0 Å². The van der Waals surface area contributed by atoms with Crippen LogP contribution in [0, 0.1) is 4.91 Å². The van der Waals surface area contributed by atoms with Crippen molar-refractivity contribution in [3.63, 3.8) is 0 Å². The van der Waals surface area contributed by atoms with Crippen LogP contribution in [-0.2, 0) is 0 Å². The summed E-state index contributed by atoms with van der Waals surface area (Å²) in [6.07, 6.45) is 0. The van der Waals surface area contributed by atoms with Gasteiger partial charge in [-0.25, -0.2) is 4.57 Å². The van der Waals surface area contributed by atoms with Gasteiger partial charge in [-0.05, 0) is 35.1 Å². The zero-order valence-electron chi connectivity index (χ0n) is 15.7. The van der Waals surface area contributed by atoms with Crippen molar-refractivity contribution in [1.82, 2.24) is 4.57 Å². The number of benzene rings is 2. The molecule has 2 aromatic carbocycles. The Balaban J connectivity index is 2.48. The molecule has 2 N–H and O–H groups in total. The second kappa shape index (κ2) is 6.87. The van der Waals surface area contributed by atoms with Crippen LogP contribution < -0.4 is 0 Å². The molecule has 0 fully saturated rings. The average Bonchev–Trinajstić information content (AvgIpc) is 2.90. The maximum absolute atomic E-state index is 11.9. The van der Waals surface area contributed by atoms with Crippen molar-refractivity contribution < 1.29 is 15.0 Å². The smallest absolute Gasteiger partial charge is 0.317 e. The third kappa shape index (κ3) is 2.87. The standard InChI is InChI=1S/C21H22N2O4/c1-11(2)13-7-5-8-14(12(3)4)18(13)23-20(25)16-10-6-9-15(19(24)22-27)17(16)21(23)26/h5-12,25-26H,1-4H3. The number of hydrogen-bond acceptors (Lipinski definition) is 4. The highest BCUT2D eigenvalue weighted by atomic mass is 16.3. The lowest BCUT2D eigenvalue weighted by atomic mass is 9.92. The third-order valence-corrected chi connectivity index (χ3v) is 4.83. The SMILES string of the molecule is CC(C)c1cccc(C(C)C)c1-n1c(O)c2cccc(C(=O)N=O)c2c1O. The van der Waals surface area contributed by atoms with Gasteiger partial charge in [-0.3, -0.25) is 4.79 Å². The van der Waals surface area contributed by atoms with Crippen molar-refractivity contribution in [3.05, 3.63) is 58.0 Å². The van der Waals surface area contributed by atoms with Gasteiger partial charge in [-0.2, -0.15) is 0 Å². The molecule has 0 aliphatic heterocycles. The molecule has 1 heterocycles. The van der Waals surface area contributed by atoms with E-state index in [1.54, 1.807) is 12.1 Å². The lowest BCUT2D eigenvalue weighted by molar-refractivity contribution is 0.100. The van der Waals surface area contributed by atoms with Crippen LogP contribution in [-0.4, -0.2) is 20.7 Å². The number of para-hydroxylation sites is 1. The van der Waals surface area contributed by atoms with Crippen LogP contribution in [0.2, 0.25) is 0 Å². The fourth-order valence-electron chi connectivity index (χ4n) is 3.52. The summed E-state index contributed by atoms with van der Waals surface area (Å²) < 4.78 is 1.36. The minimum absolute atomic E-state index is 0.0397. The Morgan fingerprint density at radius 2 is 1.48 bits per heavy atom. The van der Waals surface area contributed by atoms with Gasteiger partial charge in [0.15, 0.2) is 0 Å². The molecule has 6 nitrogen and oxygen atoms in total. The molecule has 1 amide bonds. The number of carbonyl (C=O) groups is 1. The summed E-state index contributed by atoms with van der Waals surface area (Å²) >= 11 is 0. The number of hydrogen-bond donors (Lipinski definition) is 2. The number of rotatable bonds is 4. The van der Waals surface area contributed by atoms with Gasteiger partial charge in [-0.1, -0.05) is 52.0 Å². The largest absolute Gasteiger partial charge is 0.494 e. The van der Waals surface area contributed by atoms with E-state index in [2.05, 4.69) is 5.18 Å². The molecule has 0 atom stereocenters. The van der Waals surface area contributed by atoms with E-state index in [4.69, 9.17) is 0 Å². The van der Waals surface area contributed by atoms with Crippen LogP contribution in [0.4, 0.5) is 0 Å². The fourth-order valence-corrected chi connectivity index (χ4v) is 3.52. The number of aromatic nitrogens is 1. The summed E-state index contributed by atoms with van der Waals surface area (Å²) in [5.74, 6) is -1.18. The first kappa shape index (κ1) is 18.6. The average molecular weight is 366 g/mol. The first-order chi connectivity index (χ1) is 12.8. The van der Waals surface area contributed by atoms with Crippen molar-refractivity contribution in [3.8, 4) is 17.4 Å². The highest BCUT2D eigenvalue weighted by Crippen LogP contribution is 2.44. The first-order valence-corrected chi connectivity index (χ1v) is 8.85. The highest BCUT2D eigenvalue weighted by molar-refractivity contribution is 6.11. The topological polar surface area (TPSA) is 91.9 Å². The van der Waals surface area contributed by atoms with Crippen molar-refractivity contribution in [2.75, 3.05) is 0 Å². The molecule has 27 heavy (non-hydrogen) atoms. The van der Waals surface area contributed by atoms with E-state index in [1.165, 1.54) is 10.6 Å². The Kier molecular flexibility index (Phi) is 4.74. The van der Waals surface area contributed by atoms with Gasteiger partial charge in [0.1, 0.15) is 0 Å². The van der Waals surface area contributed by atoms with Gasteiger partial charge in [0.25, 0.3) is 0 Å². The number of carbonyl (C=O) groups excluding carboxylic acids is 1. The minimum Gasteiger partial charge on any atom is -0.494 e. The van der Waals surface area contributed by atoms with Gasteiger partial charge in [0.2, 0.25) is 11.8 Å². The molecule has 0 saturated carbocycles. The molecule has 3 aromatic rings. The van der Waals surface area contributed by atoms with Gasteiger partial charge in [0, 0.05) is 10.6 Å². The highest BCUT2D eigenvalue weighted by Gasteiger charge is 2.26. The number of nitrogens with zero attached hydrogens (tertiary/aromatic N) is 2. The minimum atomic E-state index is -0.991. The third-order valence-electron chi connectivity index (χ3n) is 4.83. The molecule has 0 bridgehead atoms. The van der Waals surface area contributed by atoms with Crippen LogP contribution in [0.25, 0.3) is 16.5 Å². The second-order valence-electron chi connectivity index (χ2n) is 7.20. The number of nitroso groups, excluding NO2 is 1. The van der Waals surface area contributed by atoms with E-state index < -0.39 is 5.91 Å². The molecule has 0 saturated heterocycles. The number of aromatic hydroxyl groups is 2. The maximum atomic E-state index is 11.9. The lowest BCUT2D eigenvalue weighted by Gasteiger charge is -2.21. The Hall–Kier alpha value is -3.15. The van der Waals surface area contributed by atoms with Crippen LogP contribution in [0.1, 0.15) is 61.0 Å². The second-order valence-corrected chi connectivity index (χ2v) is 7.20. The maximum Gasteiger partial charge on any atom is 0.317 e. The van der Waals surface area contributed by atoms with Crippen LogP contribution in [0.15, 0.2) is 41.6 Å². The summed E-state index contributed by atoms with van der Waals surface area (Å²) in [6, 6.07) is 10.4. The monoisotopic (exact) mass is 366 g/mol. The van der Waals surface area contributed by atoms with E-state index in [1.807, 2.05) is 45.9 Å². The molecule has 6 heteroatoms. The number of amides is 1. The molecular weight excluding hydrogens is 344 g/mol. The first-order valence-electron chi connectivity index (χ1n) is 8.85. The molecule has 1 aromatic heterocycles. The van der Waals surface area contributed by atoms with Gasteiger partial charge >= 0.3 is 5.91 Å². The van der Waals surface area contributed by atoms with E-state index in [0.717, 1.165) is 11.1 Å². The molecule has 0 unspecified atom stereocenters. The Morgan fingerprint density at radius 1 is 0.926 bits per heavy atom. The molecule has 0 aliphatic carbocycles. The summed E-state index contributed by atoms with van der Waals surface area (Å²) in [7, 11) is 0. The van der Waals surface area contributed by atoms with Crippen molar-refractivity contribution in [1.29, 1.82) is 0 Å². The Labute approximate surface area is 157 Å². The summed E-state index contributed by atoms with van der Waals surface area (Å²) in [4.78, 5) is 22.7. The zero-order valence-corrected chi connectivity index (χ0v) is 15.7. The van der Waals surface area contributed by atoms with Crippen LogP contribution >= 0.6 is 0 Å². The van der Waals surface area contributed by atoms with Gasteiger partial charge in [-0.15, -0.1) is 4.91 Å². The molecule has 0 aliphatic rings. The zero-order chi connectivity index (χ0) is 19.9. The summed E-state index contributed by atoms with van der Waals surface area (Å²) in [5.41, 5.74) is 2.55. The van der Waals surface area contributed by atoms with Crippen molar-refractivity contribution in [2.45, 2.75) is 39.5 Å². The van der Waals surface area contributed by atoms with Crippen molar-refractivity contribution >= 4 is 16.7 Å². The number of fused-ring (bicyclic) bond motifs is 1. The predicted octanol–water partition coefficient (Wildman–Crippen LogP) is 5.20. The van der Waals surface area contributed by atoms with Crippen molar-refractivity contribution in [2.24, 2.45) is 5.18 Å². The van der Waals surface area contributed by atoms with E-state index in [-0.39, 0.29) is 39.9 Å². The van der Waals surface area contributed by atoms with Crippen LogP contribution in [0.3, 0.4) is 0 Å². The van der Waals surface area contributed by atoms with Gasteiger partial charge < -0.3 is 10.2 Å². The van der Waals surface area contributed by atoms with Crippen LogP contribution in [0.5, 0.6) is 11.8 Å². The fraction of sp³-hybridized carbons (Fsp3) is 0.286. The Morgan fingerprint density at radius 3 is 2.00 bits per heavy atom. The normalized spacial score (nSPS) is 11.5. The molecule has 0 spiro atoms. The molecule has 3 rings (SSSR count). The summed E-state index contributed by atoms with van der Waals surface area (Å²) in [5, 5.41) is 24.7. The molecular formula is C21H22N2O4. The van der Waals surface area contributed by atoms with E-state index in [9.17, 15) is 19.9 Å². The Bertz CT molecular complexity index is 1020. The van der Waals surface area contributed by atoms with Gasteiger partial charge in [0.05, 0.1) is 16.6 Å². The molecule has 0 radical (unpaired) electrons. The quantitative estimate of drug-likeness (QED) is 0.621. The van der Waals surface area contributed by atoms with E-state index in [0.29, 0.717) is 5.69 Å².